The van der Waals surface area contributed by atoms with Crippen LogP contribution >= 0.6 is 0 Å². The summed E-state index contributed by atoms with van der Waals surface area (Å²) < 4.78 is 11.1. The zero-order valence-corrected chi connectivity index (χ0v) is 17.9. The number of rotatable bonds is 4. The Balaban J connectivity index is 1.42. The number of ether oxygens (including phenoxy) is 2. The molecule has 4 rings (SSSR count). The summed E-state index contributed by atoms with van der Waals surface area (Å²) in [5.74, 6) is 1.29. The van der Waals surface area contributed by atoms with Crippen LogP contribution in [0, 0.1) is 22.7 Å². The van der Waals surface area contributed by atoms with E-state index in [4.69, 9.17) is 9.47 Å². The molecule has 0 amide bonds. The number of allylic oxidation sites excluding steroid dienone is 1. The number of carbonyl (C=O) groups excluding carboxylic acids is 1. The highest BCUT2D eigenvalue weighted by Gasteiger charge is 2.53. The average Bonchev–Trinajstić information content (AvgIpc) is 3.12. The van der Waals surface area contributed by atoms with E-state index in [0.29, 0.717) is 24.0 Å². The summed E-state index contributed by atoms with van der Waals surface area (Å²) in [6, 6.07) is 0. The van der Waals surface area contributed by atoms with Crippen LogP contribution in [0.2, 0.25) is 0 Å². The van der Waals surface area contributed by atoms with Crippen molar-refractivity contribution in [2.24, 2.45) is 22.7 Å². The molecular formula is C25H36O3. The van der Waals surface area contributed by atoms with E-state index in [0.717, 1.165) is 30.3 Å². The van der Waals surface area contributed by atoms with Gasteiger partial charge in [-0.05, 0) is 79.6 Å². The topological polar surface area (TPSA) is 35.5 Å². The second kappa shape index (κ2) is 7.48. The lowest BCUT2D eigenvalue weighted by atomic mass is 9.46. The van der Waals surface area contributed by atoms with Crippen molar-refractivity contribution in [2.45, 2.75) is 78.2 Å². The summed E-state index contributed by atoms with van der Waals surface area (Å²) in [5, 5.41) is 0. The highest BCUT2D eigenvalue weighted by Crippen LogP contribution is 2.62. The Morgan fingerprint density at radius 3 is 2.75 bits per heavy atom. The first-order chi connectivity index (χ1) is 13.3. The normalized spacial score (nSPS) is 41.2. The first kappa shape index (κ1) is 19.9. The van der Waals surface area contributed by atoms with Gasteiger partial charge in [0.15, 0.2) is 0 Å². The van der Waals surface area contributed by atoms with E-state index in [1.54, 1.807) is 6.08 Å². The number of cyclic esters (lactones) is 1. The number of esters is 1. The molecular weight excluding hydrogens is 348 g/mol. The summed E-state index contributed by atoms with van der Waals surface area (Å²) >= 11 is 0. The fourth-order valence-corrected chi connectivity index (χ4v) is 6.43. The molecule has 28 heavy (non-hydrogen) atoms. The molecule has 5 atom stereocenters. The van der Waals surface area contributed by atoms with E-state index in [9.17, 15) is 4.79 Å². The molecule has 0 N–H and O–H groups in total. The van der Waals surface area contributed by atoms with Crippen LogP contribution in [0.1, 0.15) is 72.1 Å². The smallest absolute Gasteiger partial charge is 0.331 e. The first-order valence-corrected chi connectivity index (χ1v) is 11.2. The fourth-order valence-electron chi connectivity index (χ4n) is 6.43. The zero-order chi connectivity index (χ0) is 19.9. The van der Waals surface area contributed by atoms with Crippen LogP contribution in [-0.2, 0) is 14.3 Å². The highest BCUT2D eigenvalue weighted by atomic mass is 16.5. The Hall–Kier alpha value is -1.35. The van der Waals surface area contributed by atoms with Gasteiger partial charge in [0, 0.05) is 11.6 Å². The molecule has 0 spiro atoms. The molecule has 2 fully saturated rings. The lowest BCUT2D eigenvalue weighted by Crippen LogP contribution is -2.50. The van der Waals surface area contributed by atoms with Crippen molar-refractivity contribution in [3.63, 3.8) is 0 Å². The quantitative estimate of drug-likeness (QED) is 0.456. The predicted octanol–water partition coefficient (Wildman–Crippen LogP) is 5.76. The first-order valence-electron chi connectivity index (χ1n) is 11.2. The van der Waals surface area contributed by atoms with Gasteiger partial charge in [-0.2, -0.15) is 0 Å². The van der Waals surface area contributed by atoms with Crippen molar-refractivity contribution >= 4 is 5.97 Å². The molecule has 0 unspecified atom stereocenters. The van der Waals surface area contributed by atoms with Crippen molar-refractivity contribution in [1.82, 2.24) is 0 Å². The number of hydrogen-bond acceptors (Lipinski definition) is 3. The molecule has 0 aromatic rings. The Bertz CT molecular complexity index is 717. The maximum atomic E-state index is 11.3. The molecule has 2 heterocycles. The van der Waals surface area contributed by atoms with E-state index in [1.165, 1.54) is 49.7 Å². The van der Waals surface area contributed by atoms with Crippen LogP contribution in [-0.4, -0.2) is 25.3 Å². The van der Waals surface area contributed by atoms with Crippen LogP contribution in [0.5, 0.6) is 0 Å². The largest absolute Gasteiger partial charge is 0.458 e. The van der Waals surface area contributed by atoms with Gasteiger partial charge in [-0.15, -0.1) is 0 Å². The van der Waals surface area contributed by atoms with Gasteiger partial charge in [0.25, 0.3) is 0 Å². The van der Waals surface area contributed by atoms with Crippen LogP contribution in [0.4, 0.5) is 0 Å². The van der Waals surface area contributed by atoms with Gasteiger partial charge in [0.2, 0.25) is 0 Å². The molecule has 4 aliphatic rings. The van der Waals surface area contributed by atoms with Gasteiger partial charge >= 0.3 is 5.97 Å². The van der Waals surface area contributed by atoms with Crippen LogP contribution in [0.25, 0.3) is 0 Å². The molecule has 0 bridgehead atoms. The van der Waals surface area contributed by atoms with Crippen LogP contribution in [0.15, 0.2) is 35.5 Å². The third kappa shape index (κ3) is 3.40. The van der Waals surface area contributed by atoms with Gasteiger partial charge in [-0.25, -0.2) is 4.79 Å². The summed E-state index contributed by atoms with van der Waals surface area (Å²) in [6.07, 6.45) is 13.7. The molecule has 154 valence electrons. The van der Waals surface area contributed by atoms with Gasteiger partial charge in [0.1, 0.15) is 6.61 Å². The minimum Gasteiger partial charge on any atom is -0.458 e. The van der Waals surface area contributed by atoms with Gasteiger partial charge < -0.3 is 9.47 Å². The van der Waals surface area contributed by atoms with E-state index >= 15 is 0 Å². The molecule has 0 aromatic carbocycles. The lowest BCUT2D eigenvalue weighted by molar-refractivity contribution is -0.135. The molecule has 3 heteroatoms. The lowest BCUT2D eigenvalue weighted by Gasteiger charge is -2.59. The third-order valence-electron chi connectivity index (χ3n) is 8.74. The summed E-state index contributed by atoms with van der Waals surface area (Å²) in [6.45, 7) is 13.1. The number of fused-ring (bicyclic) bond motifs is 1. The van der Waals surface area contributed by atoms with E-state index in [1.807, 2.05) is 0 Å². The Kier molecular flexibility index (Phi) is 5.33. The Morgan fingerprint density at radius 2 is 2.07 bits per heavy atom. The minimum atomic E-state index is -0.232. The number of hydrogen-bond donors (Lipinski definition) is 0. The van der Waals surface area contributed by atoms with Crippen molar-refractivity contribution < 1.29 is 14.3 Å². The molecule has 0 saturated heterocycles. The van der Waals surface area contributed by atoms with Crippen molar-refractivity contribution in [2.75, 3.05) is 13.2 Å². The maximum Gasteiger partial charge on any atom is 0.331 e. The molecule has 0 aromatic heterocycles. The maximum absolute atomic E-state index is 11.3. The summed E-state index contributed by atoms with van der Waals surface area (Å²) in [4.78, 5) is 11.3. The number of carbonyl (C=O) groups is 1. The minimum absolute atomic E-state index is 0.0179. The zero-order valence-electron chi connectivity index (χ0n) is 17.9. The van der Waals surface area contributed by atoms with Crippen molar-refractivity contribution in [3.8, 4) is 0 Å². The average molecular weight is 385 g/mol. The fraction of sp³-hybridized carbons (Fsp3) is 0.720. The van der Waals surface area contributed by atoms with Gasteiger partial charge in [0.05, 0.1) is 12.7 Å². The predicted molar refractivity (Wildman–Crippen MR) is 112 cm³/mol. The second-order valence-corrected chi connectivity index (χ2v) is 10.1. The molecule has 2 aliphatic heterocycles. The second-order valence-electron chi connectivity index (χ2n) is 10.1. The standard InChI is InChI=1S/C25H36O3/c1-17-6-5-7-22-24(17,3)12-10-18(2)25(22,4)13-11-19-8-9-21(27-15-19)20-14-23(26)28-16-20/h8,14,18,21-22H,1,5-7,9-13,15-16H2,2-4H3/t18-,21+,22-,24-,25-/m0/s1. The van der Waals surface area contributed by atoms with Crippen LogP contribution < -0.4 is 0 Å². The van der Waals surface area contributed by atoms with E-state index in [2.05, 4.69) is 33.4 Å². The van der Waals surface area contributed by atoms with E-state index < -0.39 is 0 Å². The molecule has 0 radical (unpaired) electrons. The third-order valence-corrected chi connectivity index (χ3v) is 8.74. The van der Waals surface area contributed by atoms with E-state index in [-0.39, 0.29) is 12.1 Å². The van der Waals surface area contributed by atoms with Crippen LogP contribution in [0.3, 0.4) is 0 Å². The molecule has 2 aliphatic carbocycles. The summed E-state index contributed by atoms with van der Waals surface area (Å²) in [5.41, 5.74) is 4.64. The van der Waals surface area contributed by atoms with Gasteiger partial charge in [-0.3, -0.25) is 0 Å². The monoisotopic (exact) mass is 384 g/mol. The summed E-state index contributed by atoms with van der Waals surface area (Å²) in [7, 11) is 0. The Labute approximate surface area is 170 Å². The molecule has 2 saturated carbocycles. The van der Waals surface area contributed by atoms with Crippen molar-refractivity contribution in [1.29, 1.82) is 0 Å². The SMILES string of the molecule is C=C1CCC[C@@H]2[C@@](C)(CCC3=CC[C@H](C4=CC(=O)OC4)OC3)[C@@H](C)CC[C@@]12C. The highest BCUT2D eigenvalue weighted by molar-refractivity contribution is 5.85. The Morgan fingerprint density at radius 1 is 1.25 bits per heavy atom. The molecule has 3 nitrogen and oxygen atoms in total. The van der Waals surface area contributed by atoms with Gasteiger partial charge in [-0.1, -0.05) is 39.0 Å². The van der Waals surface area contributed by atoms with Crippen molar-refractivity contribution in [3.05, 3.63) is 35.5 Å².